The highest BCUT2D eigenvalue weighted by atomic mass is 19.1. The molecule has 1 saturated heterocycles. The molecule has 1 aromatic heterocycles. The molecule has 2 N–H and O–H groups in total. The van der Waals surface area contributed by atoms with Crippen molar-refractivity contribution in [3.63, 3.8) is 0 Å². The molecular formula is C17H21FN4. The fourth-order valence-electron chi connectivity index (χ4n) is 3.95. The molecule has 2 aliphatic heterocycles. The van der Waals surface area contributed by atoms with Crippen LogP contribution in [0.25, 0.3) is 0 Å². The molecule has 0 atom stereocenters. The summed E-state index contributed by atoms with van der Waals surface area (Å²) in [6.45, 7) is 4.91. The number of aromatic amines is 1. The number of benzene rings is 1. The molecule has 0 aliphatic carbocycles. The van der Waals surface area contributed by atoms with Gasteiger partial charge in [0.05, 0.1) is 17.6 Å². The lowest BCUT2D eigenvalue weighted by Gasteiger charge is -2.45. The Morgan fingerprint density at radius 2 is 2.09 bits per heavy atom. The zero-order valence-corrected chi connectivity index (χ0v) is 12.8. The number of fused-ring (bicyclic) bond motifs is 2. The number of nitrogens with one attached hydrogen (secondary N) is 2. The summed E-state index contributed by atoms with van der Waals surface area (Å²) >= 11 is 0. The van der Waals surface area contributed by atoms with E-state index >= 15 is 0 Å². The highest BCUT2D eigenvalue weighted by molar-refractivity contribution is 5.54. The van der Waals surface area contributed by atoms with Crippen LogP contribution in [0.3, 0.4) is 0 Å². The Kier molecular flexibility index (Phi) is 3.18. The monoisotopic (exact) mass is 300 g/mol. The molecule has 22 heavy (non-hydrogen) atoms. The van der Waals surface area contributed by atoms with Crippen molar-refractivity contribution in [1.29, 1.82) is 0 Å². The van der Waals surface area contributed by atoms with Crippen molar-refractivity contribution >= 4 is 5.69 Å². The highest BCUT2D eigenvalue weighted by Gasteiger charge is 2.41. The summed E-state index contributed by atoms with van der Waals surface area (Å²) in [6, 6.07) is 5.07. The zero-order chi connectivity index (χ0) is 15.2. The maximum atomic E-state index is 13.3. The topological polar surface area (TPSA) is 44.0 Å². The first kappa shape index (κ1) is 13.8. The number of aromatic nitrogens is 2. The van der Waals surface area contributed by atoms with E-state index in [0.29, 0.717) is 0 Å². The standard InChI is InChI=1S/C17H21FN4/c1-12-10-13(18)2-3-15(12)22-8-5-17(6-9-22)16-14(4-7-21-17)19-11-20-16/h2-3,10-11,21H,4-9H2,1H3,(H,19,20). The molecule has 0 saturated carbocycles. The van der Waals surface area contributed by atoms with Crippen LogP contribution >= 0.6 is 0 Å². The van der Waals surface area contributed by atoms with Gasteiger partial charge in [0.15, 0.2) is 0 Å². The predicted octanol–water partition coefficient (Wildman–Crippen LogP) is 2.50. The number of rotatable bonds is 1. The van der Waals surface area contributed by atoms with Crippen LogP contribution in [0.2, 0.25) is 0 Å². The molecule has 3 heterocycles. The number of hydrogen-bond donors (Lipinski definition) is 2. The van der Waals surface area contributed by atoms with E-state index in [1.54, 1.807) is 12.1 Å². The van der Waals surface area contributed by atoms with E-state index in [9.17, 15) is 4.39 Å². The van der Waals surface area contributed by atoms with Gasteiger partial charge < -0.3 is 15.2 Å². The fourth-order valence-corrected chi connectivity index (χ4v) is 3.95. The molecule has 2 aromatic rings. The molecule has 4 rings (SSSR count). The average Bonchev–Trinajstić information content (AvgIpc) is 2.99. The summed E-state index contributed by atoms with van der Waals surface area (Å²) in [6.07, 6.45) is 4.90. The van der Waals surface area contributed by atoms with Crippen LogP contribution in [0, 0.1) is 12.7 Å². The van der Waals surface area contributed by atoms with Gasteiger partial charge in [-0.15, -0.1) is 0 Å². The highest BCUT2D eigenvalue weighted by Crippen LogP contribution is 2.37. The van der Waals surface area contributed by atoms with Gasteiger partial charge in [-0.1, -0.05) is 0 Å². The van der Waals surface area contributed by atoms with Crippen molar-refractivity contribution in [3.8, 4) is 0 Å². The van der Waals surface area contributed by atoms with Crippen molar-refractivity contribution in [3.05, 3.63) is 47.3 Å². The van der Waals surface area contributed by atoms with Crippen LogP contribution in [-0.4, -0.2) is 29.6 Å². The maximum Gasteiger partial charge on any atom is 0.123 e. The number of anilines is 1. The molecule has 0 radical (unpaired) electrons. The lowest BCUT2D eigenvalue weighted by molar-refractivity contribution is 0.243. The third-order valence-electron chi connectivity index (χ3n) is 5.13. The summed E-state index contributed by atoms with van der Waals surface area (Å²) in [7, 11) is 0. The number of halogens is 1. The SMILES string of the molecule is Cc1cc(F)ccc1N1CCC2(CC1)NCCc1[nH]cnc12. The van der Waals surface area contributed by atoms with E-state index in [1.807, 2.05) is 19.3 Å². The van der Waals surface area contributed by atoms with Crippen LogP contribution in [0.15, 0.2) is 24.5 Å². The number of imidazole rings is 1. The smallest absolute Gasteiger partial charge is 0.123 e. The van der Waals surface area contributed by atoms with Crippen LogP contribution in [0.5, 0.6) is 0 Å². The van der Waals surface area contributed by atoms with Crippen molar-refractivity contribution in [2.24, 2.45) is 0 Å². The minimum Gasteiger partial charge on any atom is -0.371 e. The van der Waals surface area contributed by atoms with Gasteiger partial charge in [-0.05, 0) is 43.5 Å². The van der Waals surface area contributed by atoms with Gasteiger partial charge in [0.2, 0.25) is 0 Å². The normalized spacial score (nSPS) is 20.2. The molecule has 1 spiro atoms. The molecular weight excluding hydrogens is 279 g/mol. The molecule has 4 nitrogen and oxygen atoms in total. The maximum absolute atomic E-state index is 13.3. The van der Waals surface area contributed by atoms with Crippen molar-refractivity contribution in [2.45, 2.75) is 31.7 Å². The second-order valence-electron chi connectivity index (χ2n) is 6.41. The number of aryl methyl sites for hydroxylation is 1. The minimum atomic E-state index is -0.162. The largest absolute Gasteiger partial charge is 0.371 e. The van der Waals surface area contributed by atoms with E-state index in [1.165, 1.54) is 11.4 Å². The molecule has 2 aliphatic rings. The molecule has 0 bridgehead atoms. The Morgan fingerprint density at radius 3 is 2.86 bits per heavy atom. The lowest BCUT2D eigenvalue weighted by atomic mass is 9.80. The van der Waals surface area contributed by atoms with Crippen molar-refractivity contribution < 1.29 is 4.39 Å². The average molecular weight is 300 g/mol. The Labute approximate surface area is 129 Å². The quantitative estimate of drug-likeness (QED) is 0.850. The zero-order valence-electron chi connectivity index (χ0n) is 12.8. The van der Waals surface area contributed by atoms with Gasteiger partial charge in [0.25, 0.3) is 0 Å². The van der Waals surface area contributed by atoms with E-state index in [0.717, 1.165) is 50.1 Å². The predicted molar refractivity (Wildman–Crippen MR) is 84.6 cm³/mol. The molecule has 5 heteroatoms. The summed E-state index contributed by atoms with van der Waals surface area (Å²) < 4.78 is 13.3. The van der Waals surface area contributed by atoms with E-state index in [-0.39, 0.29) is 11.4 Å². The fraction of sp³-hybridized carbons (Fsp3) is 0.471. The number of H-pyrrole nitrogens is 1. The van der Waals surface area contributed by atoms with Gasteiger partial charge in [0.1, 0.15) is 5.82 Å². The van der Waals surface area contributed by atoms with Gasteiger partial charge in [0, 0.05) is 37.4 Å². The van der Waals surface area contributed by atoms with Crippen LogP contribution in [0.4, 0.5) is 10.1 Å². The summed E-state index contributed by atoms with van der Waals surface area (Å²) in [5.41, 5.74) is 4.65. The van der Waals surface area contributed by atoms with Gasteiger partial charge in [-0.3, -0.25) is 0 Å². The van der Waals surface area contributed by atoms with Crippen LogP contribution in [0.1, 0.15) is 29.8 Å². The third-order valence-corrected chi connectivity index (χ3v) is 5.13. The third kappa shape index (κ3) is 2.11. The van der Waals surface area contributed by atoms with E-state index in [4.69, 9.17) is 0 Å². The number of hydrogen-bond acceptors (Lipinski definition) is 3. The van der Waals surface area contributed by atoms with E-state index in [2.05, 4.69) is 20.2 Å². The molecule has 1 fully saturated rings. The summed E-state index contributed by atoms with van der Waals surface area (Å²) in [5.74, 6) is -0.162. The van der Waals surface area contributed by atoms with Crippen molar-refractivity contribution in [1.82, 2.24) is 15.3 Å². The lowest BCUT2D eigenvalue weighted by Crippen LogP contribution is -2.54. The molecule has 0 amide bonds. The first-order valence-corrected chi connectivity index (χ1v) is 7.97. The Hall–Kier alpha value is -1.88. The van der Waals surface area contributed by atoms with Gasteiger partial charge in [-0.2, -0.15) is 0 Å². The summed E-state index contributed by atoms with van der Waals surface area (Å²) in [4.78, 5) is 10.2. The molecule has 0 unspecified atom stereocenters. The molecule has 116 valence electrons. The Morgan fingerprint density at radius 1 is 1.27 bits per heavy atom. The van der Waals surface area contributed by atoms with Crippen molar-refractivity contribution in [2.75, 3.05) is 24.5 Å². The van der Waals surface area contributed by atoms with Gasteiger partial charge in [-0.25, -0.2) is 9.37 Å². The molecule has 1 aromatic carbocycles. The van der Waals surface area contributed by atoms with Crippen LogP contribution < -0.4 is 10.2 Å². The second kappa shape index (κ2) is 5.09. The Bertz CT molecular complexity index is 686. The first-order chi connectivity index (χ1) is 10.7. The van der Waals surface area contributed by atoms with Crippen LogP contribution in [-0.2, 0) is 12.0 Å². The number of piperidine rings is 1. The minimum absolute atomic E-state index is 0.0119. The second-order valence-corrected chi connectivity index (χ2v) is 6.41. The van der Waals surface area contributed by atoms with Gasteiger partial charge >= 0.3 is 0 Å². The van der Waals surface area contributed by atoms with E-state index < -0.39 is 0 Å². The first-order valence-electron chi connectivity index (χ1n) is 7.97. The number of nitrogens with zero attached hydrogens (tertiary/aromatic N) is 2. The summed E-state index contributed by atoms with van der Waals surface area (Å²) in [5, 5.41) is 3.70. The Balaban J connectivity index is 1.56.